The van der Waals surface area contributed by atoms with E-state index < -0.39 is 6.36 Å². The number of hydrogen-bond donors (Lipinski definition) is 1. The van der Waals surface area contributed by atoms with Crippen LogP contribution in [-0.2, 0) is 4.74 Å². The van der Waals surface area contributed by atoms with Gasteiger partial charge in [-0.1, -0.05) is 0 Å². The number of hydrogen-bond acceptors (Lipinski definition) is 2. The number of imidazole rings is 1. The molecule has 0 bridgehead atoms. The molecule has 1 aliphatic heterocycles. The predicted octanol–water partition coefficient (Wildman–Crippen LogP) is 1.21. The zero-order chi connectivity index (χ0) is 7.68. The number of ether oxygens (including phenoxy) is 1. The smallest absolute Gasteiger partial charge is 0.208 e. The van der Waals surface area contributed by atoms with Gasteiger partial charge in [0.15, 0.2) is 0 Å². The third-order valence-corrected chi connectivity index (χ3v) is 1.89. The summed E-state index contributed by atoms with van der Waals surface area (Å²) in [5.41, 5.74) is 0. The van der Waals surface area contributed by atoms with E-state index in [9.17, 15) is 4.39 Å². The minimum atomic E-state index is -1.18. The van der Waals surface area contributed by atoms with Crippen LogP contribution < -0.4 is 0 Å². The van der Waals surface area contributed by atoms with Crippen molar-refractivity contribution in [3.63, 3.8) is 0 Å². The number of aromatic amines is 1. The zero-order valence-electron chi connectivity index (χ0n) is 5.96. The number of alkyl halides is 1. The summed E-state index contributed by atoms with van der Waals surface area (Å²) in [7, 11) is 0. The maximum Gasteiger partial charge on any atom is 0.208 e. The van der Waals surface area contributed by atoms with Crippen molar-refractivity contribution in [2.45, 2.75) is 18.7 Å². The van der Waals surface area contributed by atoms with Gasteiger partial charge in [-0.2, -0.15) is 0 Å². The molecule has 0 spiro atoms. The van der Waals surface area contributed by atoms with Gasteiger partial charge in [0, 0.05) is 12.4 Å². The van der Waals surface area contributed by atoms with Gasteiger partial charge in [0.1, 0.15) is 5.82 Å². The first-order valence-electron chi connectivity index (χ1n) is 3.63. The Morgan fingerprint density at radius 2 is 2.64 bits per heavy atom. The van der Waals surface area contributed by atoms with Gasteiger partial charge < -0.3 is 9.72 Å². The van der Waals surface area contributed by atoms with Gasteiger partial charge in [0.25, 0.3) is 0 Å². The molecule has 0 aliphatic carbocycles. The molecule has 0 radical (unpaired) electrons. The molecule has 1 aromatic heterocycles. The third kappa shape index (κ3) is 1.14. The van der Waals surface area contributed by atoms with Crippen molar-refractivity contribution in [3.8, 4) is 0 Å². The molecule has 0 amide bonds. The van der Waals surface area contributed by atoms with Crippen LogP contribution in [0.2, 0.25) is 0 Å². The summed E-state index contributed by atoms with van der Waals surface area (Å²) in [4.78, 5) is 6.85. The standard InChI is InChI=1S/C7H9FN2O/c8-6-5(1-4-11-6)7-9-2-3-10-7/h2-3,5-6H,1,4H2,(H,9,10). The van der Waals surface area contributed by atoms with Crippen molar-refractivity contribution in [1.29, 1.82) is 0 Å². The van der Waals surface area contributed by atoms with Crippen LogP contribution >= 0.6 is 0 Å². The molecule has 1 saturated heterocycles. The fraction of sp³-hybridized carbons (Fsp3) is 0.571. The van der Waals surface area contributed by atoms with Gasteiger partial charge in [-0.25, -0.2) is 9.37 Å². The highest BCUT2D eigenvalue weighted by molar-refractivity contribution is 5.00. The third-order valence-electron chi connectivity index (χ3n) is 1.89. The lowest BCUT2D eigenvalue weighted by atomic mass is 10.1. The number of halogens is 1. The van der Waals surface area contributed by atoms with Crippen LogP contribution in [0.4, 0.5) is 4.39 Å². The van der Waals surface area contributed by atoms with Crippen LogP contribution in [0, 0.1) is 0 Å². The van der Waals surface area contributed by atoms with Gasteiger partial charge in [-0.15, -0.1) is 0 Å². The summed E-state index contributed by atoms with van der Waals surface area (Å²) in [6.45, 7) is 0.493. The van der Waals surface area contributed by atoms with E-state index in [0.29, 0.717) is 18.9 Å². The highest BCUT2D eigenvalue weighted by Gasteiger charge is 2.30. The van der Waals surface area contributed by atoms with E-state index in [2.05, 4.69) is 9.97 Å². The van der Waals surface area contributed by atoms with Gasteiger partial charge in [-0.3, -0.25) is 0 Å². The lowest BCUT2D eigenvalue weighted by Gasteiger charge is -2.06. The van der Waals surface area contributed by atoms with Gasteiger partial charge in [-0.05, 0) is 6.42 Å². The van der Waals surface area contributed by atoms with Crippen molar-refractivity contribution < 1.29 is 9.13 Å². The first kappa shape index (κ1) is 6.79. The number of rotatable bonds is 1. The second-order valence-corrected chi connectivity index (χ2v) is 2.59. The Kier molecular flexibility index (Phi) is 1.62. The maximum atomic E-state index is 12.9. The van der Waals surface area contributed by atoms with Crippen LogP contribution in [-0.4, -0.2) is 22.9 Å². The molecule has 0 saturated carbocycles. The summed E-state index contributed by atoms with van der Waals surface area (Å²) in [5, 5.41) is 0. The topological polar surface area (TPSA) is 37.9 Å². The maximum absolute atomic E-state index is 12.9. The number of nitrogens with one attached hydrogen (secondary N) is 1. The van der Waals surface area contributed by atoms with Crippen LogP contribution in [0.3, 0.4) is 0 Å². The van der Waals surface area contributed by atoms with Crippen molar-refractivity contribution in [3.05, 3.63) is 18.2 Å². The van der Waals surface area contributed by atoms with Gasteiger partial charge in [0.05, 0.1) is 12.5 Å². The molecule has 0 aromatic carbocycles. The van der Waals surface area contributed by atoms with Gasteiger partial charge in [0.2, 0.25) is 6.36 Å². The Balaban J connectivity index is 2.16. The molecule has 60 valence electrons. The fourth-order valence-corrected chi connectivity index (χ4v) is 1.30. The summed E-state index contributed by atoms with van der Waals surface area (Å²) in [6.07, 6.45) is 2.86. The van der Waals surface area contributed by atoms with Crippen LogP contribution in [0.15, 0.2) is 12.4 Å². The monoisotopic (exact) mass is 156 g/mol. The lowest BCUT2D eigenvalue weighted by molar-refractivity contribution is -0.000665. The molecule has 2 unspecified atom stereocenters. The summed E-state index contributed by atoms with van der Waals surface area (Å²) in [6, 6.07) is 0. The average Bonchev–Trinajstić information content (AvgIpc) is 2.55. The minimum Gasteiger partial charge on any atom is -0.348 e. The largest absolute Gasteiger partial charge is 0.348 e. The molecule has 1 aliphatic rings. The van der Waals surface area contributed by atoms with E-state index in [1.807, 2.05) is 0 Å². The van der Waals surface area contributed by atoms with E-state index in [-0.39, 0.29) is 5.92 Å². The fourth-order valence-electron chi connectivity index (χ4n) is 1.30. The Morgan fingerprint density at radius 3 is 3.18 bits per heavy atom. The Morgan fingerprint density at radius 1 is 1.73 bits per heavy atom. The number of aromatic nitrogens is 2. The Bertz CT molecular complexity index is 224. The summed E-state index contributed by atoms with van der Waals surface area (Å²) < 4.78 is 17.6. The highest BCUT2D eigenvalue weighted by Crippen LogP contribution is 2.29. The first-order valence-corrected chi connectivity index (χ1v) is 3.63. The second kappa shape index (κ2) is 2.62. The SMILES string of the molecule is FC1OCCC1c1ncc[nH]1. The van der Waals surface area contributed by atoms with Crippen LogP contribution in [0.5, 0.6) is 0 Å². The molecule has 4 heteroatoms. The van der Waals surface area contributed by atoms with Crippen molar-refractivity contribution in [2.24, 2.45) is 0 Å². The molecule has 11 heavy (non-hydrogen) atoms. The van der Waals surface area contributed by atoms with E-state index in [1.165, 1.54) is 0 Å². The van der Waals surface area contributed by atoms with Crippen molar-refractivity contribution >= 4 is 0 Å². The normalized spacial score (nSPS) is 31.0. The van der Waals surface area contributed by atoms with Gasteiger partial charge >= 0.3 is 0 Å². The predicted molar refractivity (Wildman–Crippen MR) is 36.8 cm³/mol. The first-order chi connectivity index (χ1) is 5.38. The summed E-state index contributed by atoms with van der Waals surface area (Å²) >= 11 is 0. The quantitative estimate of drug-likeness (QED) is 0.663. The molecule has 1 aromatic rings. The summed E-state index contributed by atoms with van der Waals surface area (Å²) in [5.74, 6) is 0.500. The van der Waals surface area contributed by atoms with E-state index in [4.69, 9.17) is 4.74 Å². The molecule has 1 N–H and O–H groups in total. The van der Waals surface area contributed by atoms with E-state index in [1.54, 1.807) is 12.4 Å². The lowest BCUT2D eigenvalue weighted by Crippen LogP contribution is -2.08. The minimum absolute atomic E-state index is 0.190. The van der Waals surface area contributed by atoms with Crippen molar-refractivity contribution in [2.75, 3.05) is 6.61 Å². The average molecular weight is 156 g/mol. The highest BCUT2D eigenvalue weighted by atomic mass is 19.1. The number of nitrogens with zero attached hydrogens (tertiary/aromatic N) is 1. The molecule has 2 atom stereocenters. The van der Waals surface area contributed by atoms with Crippen LogP contribution in [0.25, 0.3) is 0 Å². The molecular formula is C7H9FN2O. The van der Waals surface area contributed by atoms with E-state index >= 15 is 0 Å². The molecular weight excluding hydrogens is 147 g/mol. The molecule has 2 rings (SSSR count). The molecule has 1 fully saturated rings. The second-order valence-electron chi connectivity index (χ2n) is 2.59. The zero-order valence-corrected chi connectivity index (χ0v) is 5.96. The molecule has 3 nitrogen and oxygen atoms in total. The number of H-pyrrole nitrogens is 1. The Hall–Kier alpha value is -0.900. The Labute approximate surface area is 63.6 Å². The van der Waals surface area contributed by atoms with Crippen LogP contribution in [0.1, 0.15) is 18.2 Å². The molecule has 2 heterocycles. The van der Waals surface area contributed by atoms with Crippen molar-refractivity contribution in [1.82, 2.24) is 9.97 Å². The van der Waals surface area contributed by atoms with E-state index in [0.717, 1.165) is 0 Å².